The normalized spacial score (nSPS) is 11.7. The number of nitrogens with zero attached hydrogens (tertiary/aromatic N) is 1. The summed E-state index contributed by atoms with van der Waals surface area (Å²) in [4.78, 5) is 4.51. The first-order valence-electron chi connectivity index (χ1n) is 11.7. The van der Waals surface area contributed by atoms with Crippen molar-refractivity contribution in [3.63, 3.8) is 0 Å². The van der Waals surface area contributed by atoms with Crippen LogP contribution in [-0.4, -0.2) is 17.8 Å². The topological polar surface area (TPSA) is 22.1 Å². The molecule has 4 aromatic rings. The molecule has 3 aromatic carbocycles. The summed E-state index contributed by atoms with van der Waals surface area (Å²) in [6.07, 6.45) is 1.25. The van der Waals surface area contributed by atoms with Crippen molar-refractivity contribution in [2.75, 3.05) is 6.61 Å². The Labute approximate surface area is 202 Å². The molecule has 182 valence electrons. The van der Waals surface area contributed by atoms with E-state index in [1.165, 1.54) is 17.7 Å². The molecule has 6 heteroatoms. The average molecular weight is 482 g/mol. The molecule has 0 saturated carbocycles. The molecule has 0 N–H and O–H groups in total. The number of halogens is 4. The maximum absolute atomic E-state index is 15.2. The summed E-state index contributed by atoms with van der Waals surface area (Å²) < 4.78 is 56.7. The molecule has 0 spiro atoms. The largest absolute Gasteiger partial charge is 0.484 e. The molecule has 0 aliphatic rings. The zero-order chi connectivity index (χ0) is 24.8. The van der Waals surface area contributed by atoms with Crippen molar-refractivity contribution in [3.05, 3.63) is 107 Å². The first kappa shape index (κ1) is 24.7. The highest BCUT2D eigenvalue weighted by Crippen LogP contribution is 2.25. The Kier molecular flexibility index (Phi) is 7.69. The molecule has 0 fully saturated rings. The number of fused-ring (bicyclic) bond motifs is 1. The highest BCUT2D eigenvalue weighted by Gasteiger charge is 2.28. The molecular formula is C29H27F4NO. The molecule has 1 heterocycles. The maximum atomic E-state index is 15.2. The van der Waals surface area contributed by atoms with Gasteiger partial charge in [0.25, 0.3) is 0 Å². The van der Waals surface area contributed by atoms with Crippen LogP contribution in [0.4, 0.5) is 17.6 Å². The standard InChI is InChI=1S/C29H27F4NO/c1-2-20-4-12-25(34-18-20)13-5-22-8-16-27-24(17-22)11-10-23(28(27)30)9-3-21-6-14-26(15-7-21)35-19-29(31,32)33/h4,6-8,10-12,14-18H,2-3,5,9,13,19H2,1H3. The van der Waals surface area contributed by atoms with E-state index in [0.29, 0.717) is 23.8 Å². The lowest BCUT2D eigenvalue weighted by Crippen LogP contribution is -2.19. The van der Waals surface area contributed by atoms with Gasteiger partial charge in [-0.15, -0.1) is 0 Å². The molecule has 35 heavy (non-hydrogen) atoms. The van der Waals surface area contributed by atoms with E-state index in [1.54, 1.807) is 12.1 Å². The summed E-state index contributed by atoms with van der Waals surface area (Å²) in [5.41, 5.74) is 4.92. The zero-order valence-electron chi connectivity index (χ0n) is 19.5. The van der Waals surface area contributed by atoms with Gasteiger partial charge in [0.05, 0.1) is 0 Å². The summed E-state index contributed by atoms with van der Waals surface area (Å²) in [5.74, 6) is -0.0662. The number of aryl methyl sites for hydroxylation is 5. The van der Waals surface area contributed by atoms with Gasteiger partial charge in [0.15, 0.2) is 6.61 Å². The van der Waals surface area contributed by atoms with E-state index in [4.69, 9.17) is 4.74 Å². The van der Waals surface area contributed by atoms with Gasteiger partial charge < -0.3 is 4.74 Å². The minimum Gasteiger partial charge on any atom is -0.484 e. The first-order valence-corrected chi connectivity index (χ1v) is 11.7. The van der Waals surface area contributed by atoms with E-state index in [2.05, 4.69) is 24.0 Å². The molecule has 0 amide bonds. The molecule has 2 nitrogen and oxygen atoms in total. The smallest absolute Gasteiger partial charge is 0.422 e. The summed E-state index contributed by atoms with van der Waals surface area (Å²) >= 11 is 0. The monoisotopic (exact) mass is 481 g/mol. The second-order valence-corrected chi connectivity index (χ2v) is 8.65. The van der Waals surface area contributed by atoms with Gasteiger partial charge in [-0.3, -0.25) is 4.98 Å². The maximum Gasteiger partial charge on any atom is 0.422 e. The van der Waals surface area contributed by atoms with Gasteiger partial charge in [0.2, 0.25) is 0 Å². The molecule has 0 radical (unpaired) electrons. The molecule has 0 bridgehead atoms. The van der Waals surface area contributed by atoms with E-state index >= 15 is 4.39 Å². The van der Waals surface area contributed by atoms with Crippen LogP contribution in [0.3, 0.4) is 0 Å². The zero-order valence-corrected chi connectivity index (χ0v) is 19.5. The van der Waals surface area contributed by atoms with Gasteiger partial charge in [-0.1, -0.05) is 55.5 Å². The Morgan fingerprint density at radius 2 is 1.49 bits per heavy atom. The molecule has 0 atom stereocenters. The van der Waals surface area contributed by atoms with Gasteiger partial charge in [-0.25, -0.2) is 4.39 Å². The number of ether oxygens (including phenoxy) is 1. The van der Waals surface area contributed by atoms with Crippen LogP contribution < -0.4 is 4.74 Å². The van der Waals surface area contributed by atoms with Crippen LogP contribution in [0, 0.1) is 5.82 Å². The van der Waals surface area contributed by atoms with Crippen molar-refractivity contribution >= 4 is 10.8 Å². The molecule has 4 rings (SSSR count). The lowest BCUT2D eigenvalue weighted by Gasteiger charge is -2.11. The Morgan fingerprint density at radius 3 is 2.17 bits per heavy atom. The second-order valence-electron chi connectivity index (χ2n) is 8.65. The number of hydrogen-bond donors (Lipinski definition) is 0. The van der Waals surface area contributed by atoms with Gasteiger partial charge in [-0.2, -0.15) is 13.2 Å². The third kappa shape index (κ3) is 6.81. The molecule has 1 aromatic heterocycles. The van der Waals surface area contributed by atoms with Gasteiger partial charge in [0, 0.05) is 17.3 Å². The molecule has 0 saturated heterocycles. The van der Waals surface area contributed by atoms with Crippen LogP contribution in [0.25, 0.3) is 10.8 Å². The highest BCUT2D eigenvalue weighted by molar-refractivity contribution is 5.84. The fourth-order valence-corrected chi connectivity index (χ4v) is 4.02. The Bertz CT molecular complexity index is 1270. The van der Waals surface area contributed by atoms with E-state index in [-0.39, 0.29) is 11.6 Å². The van der Waals surface area contributed by atoms with Crippen molar-refractivity contribution < 1.29 is 22.3 Å². The molecule has 0 unspecified atom stereocenters. The number of aromatic nitrogens is 1. The third-order valence-electron chi connectivity index (χ3n) is 6.07. The third-order valence-corrected chi connectivity index (χ3v) is 6.07. The predicted octanol–water partition coefficient (Wildman–Crippen LogP) is 7.45. The summed E-state index contributed by atoms with van der Waals surface area (Å²) in [7, 11) is 0. The van der Waals surface area contributed by atoms with E-state index in [0.717, 1.165) is 41.5 Å². The van der Waals surface area contributed by atoms with Crippen LogP contribution in [-0.2, 0) is 32.1 Å². The average Bonchev–Trinajstić information content (AvgIpc) is 2.86. The Hall–Kier alpha value is -3.41. The molecular weight excluding hydrogens is 454 g/mol. The Balaban J connectivity index is 1.37. The predicted molar refractivity (Wildman–Crippen MR) is 130 cm³/mol. The number of alkyl halides is 3. The van der Waals surface area contributed by atoms with Crippen LogP contribution >= 0.6 is 0 Å². The minimum absolute atomic E-state index is 0.160. The van der Waals surface area contributed by atoms with E-state index in [9.17, 15) is 13.2 Å². The van der Waals surface area contributed by atoms with Crippen molar-refractivity contribution in [2.45, 2.75) is 45.2 Å². The summed E-state index contributed by atoms with van der Waals surface area (Å²) in [6.45, 7) is 0.785. The van der Waals surface area contributed by atoms with Crippen LogP contribution in [0.2, 0.25) is 0 Å². The van der Waals surface area contributed by atoms with Crippen molar-refractivity contribution in [1.82, 2.24) is 4.98 Å². The number of pyridine rings is 1. The summed E-state index contributed by atoms with van der Waals surface area (Å²) in [5, 5.41) is 1.46. The fourth-order valence-electron chi connectivity index (χ4n) is 4.02. The highest BCUT2D eigenvalue weighted by atomic mass is 19.4. The van der Waals surface area contributed by atoms with Gasteiger partial charge >= 0.3 is 6.18 Å². The Morgan fingerprint density at radius 1 is 0.771 bits per heavy atom. The van der Waals surface area contributed by atoms with Crippen LogP contribution in [0.15, 0.2) is 72.9 Å². The van der Waals surface area contributed by atoms with E-state index < -0.39 is 12.8 Å². The van der Waals surface area contributed by atoms with Crippen LogP contribution in [0.1, 0.15) is 34.9 Å². The first-order chi connectivity index (χ1) is 16.8. The van der Waals surface area contributed by atoms with Gasteiger partial charge in [0.1, 0.15) is 11.6 Å². The van der Waals surface area contributed by atoms with Crippen molar-refractivity contribution in [2.24, 2.45) is 0 Å². The SMILES string of the molecule is CCc1ccc(CCc2ccc3c(F)c(CCc4ccc(OCC(F)(F)F)cc4)ccc3c2)nc1. The lowest BCUT2D eigenvalue weighted by molar-refractivity contribution is -0.153. The molecule has 0 aliphatic heterocycles. The number of benzene rings is 3. The number of hydrogen-bond acceptors (Lipinski definition) is 2. The van der Waals surface area contributed by atoms with Crippen molar-refractivity contribution in [3.8, 4) is 5.75 Å². The van der Waals surface area contributed by atoms with Crippen molar-refractivity contribution in [1.29, 1.82) is 0 Å². The summed E-state index contributed by atoms with van der Waals surface area (Å²) in [6, 6.07) is 20.2. The van der Waals surface area contributed by atoms with E-state index in [1.807, 2.05) is 36.5 Å². The molecule has 0 aliphatic carbocycles. The fraction of sp³-hybridized carbons (Fsp3) is 0.276. The number of rotatable bonds is 9. The van der Waals surface area contributed by atoms with Crippen LogP contribution in [0.5, 0.6) is 5.75 Å². The lowest BCUT2D eigenvalue weighted by atomic mass is 9.98. The second kappa shape index (κ2) is 10.9. The quantitative estimate of drug-likeness (QED) is 0.232. The van der Waals surface area contributed by atoms with Gasteiger partial charge in [-0.05, 0) is 77.9 Å². The minimum atomic E-state index is -4.37.